The molecule has 4 N–H and O–H groups in total. The number of hydrogen-bond acceptors (Lipinski definition) is 4. The second kappa shape index (κ2) is 6.03. The molecule has 0 fully saturated rings. The number of aliphatic carboxylic acids is 1. The zero-order valence-electron chi connectivity index (χ0n) is 12.2. The van der Waals surface area contributed by atoms with E-state index in [-0.39, 0.29) is 18.6 Å². The van der Waals surface area contributed by atoms with Crippen LogP contribution in [0.15, 0.2) is 47.4 Å². The van der Waals surface area contributed by atoms with Gasteiger partial charge in [0.05, 0.1) is 0 Å². The molecule has 0 amide bonds. The molecule has 22 heavy (non-hydrogen) atoms. The summed E-state index contributed by atoms with van der Waals surface area (Å²) in [6.45, 7) is 0. The molecule has 6 heteroatoms. The quantitative estimate of drug-likeness (QED) is 0.752. The van der Waals surface area contributed by atoms with Crippen molar-refractivity contribution in [3.63, 3.8) is 0 Å². The van der Waals surface area contributed by atoms with Crippen LogP contribution in [-0.2, 0) is 24.7 Å². The van der Waals surface area contributed by atoms with Crippen molar-refractivity contribution in [2.75, 3.05) is 0 Å². The van der Waals surface area contributed by atoms with Gasteiger partial charge in [-0.15, -0.1) is 0 Å². The van der Waals surface area contributed by atoms with E-state index in [1.165, 1.54) is 16.8 Å². The summed E-state index contributed by atoms with van der Waals surface area (Å²) in [5.74, 6) is -1.52. The highest BCUT2D eigenvalue weighted by Gasteiger charge is 2.35. The number of carboxylic acids is 1. The molecule has 116 valence electrons. The first-order valence-corrected chi connectivity index (χ1v) is 6.76. The van der Waals surface area contributed by atoms with Gasteiger partial charge in [-0.3, -0.25) is 9.59 Å². The maximum Gasteiger partial charge on any atom is 0.324 e. The highest BCUT2D eigenvalue weighted by atomic mass is 16.4. The maximum absolute atomic E-state index is 11.6. The van der Waals surface area contributed by atoms with Crippen molar-refractivity contribution in [3.05, 3.63) is 64.1 Å². The van der Waals surface area contributed by atoms with Crippen LogP contribution in [0.3, 0.4) is 0 Å². The molecular formula is C16H18N2O4. The number of carbonyl (C=O) groups is 1. The Morgan fingerprint density at radius 1 is 1.27 bits per heavy atom. The van der Waals surface area contributed by atoms with Crippen LogP contribution < -0.4 is 11.2 Å². The van der Waals surface area contributed by atoms with Gasteiger partial charge in [0.15, 0.2) is 5.75 Å². The van der Waals surface area contributed by atoms with Crippen molar-refractivity contribution in [1.29, 1.82) is 0 Å². The number of benzene rings is 1. The van der Waals surface area contributed by atoms with E-state index in [9.17, 15) is 19.8 Å². The number of aromatic hydroxyl groups is 1. The number of nitrogens with two attached hydrogens (primary N) is 1. The summed E-state index contributed by atoms with van der Waals surface area (Å²) in [4.78, 5) is 23.2. The topological polar surface area (TPSA) is 106 Å². The first-order chi connectivity index (χ1) is 10.3. The molecule has 1 heterocycles. The van der Waals surface area contributed by atoms with E-state index in [1.807, 2.05) is 18.2 Å². The number of hydrogen-bond donors (Lipinski definition) is 3. The van der Waals surface area contributed by atoms with Gasteiger partial charge in [0.25, 0.3) is 0 Å². The number of rotatable bonds is 5. The van der Waals surface area contributed by atoms with E-state index in [0.717, 1.165) is 5.56 Å². The Kier molecular flexibility index (Phi) is 4.32. The minimum Gasteiger partial charge on any atom is -0.503 e. The lowest BCUT2D eigenvalue weighted by atomic mass is 9.87. The summed E-state index contributed by atoms with van der Waals surface area (Å²) < 4.78 is 1.51. The summed E-state index contributed by atoms with van der Waals surface area (Å²) in [5, 5.41) is 18.9. The third-order valence-electron chi connectivity index (χ3n) is 3.60. The minimum atomic E-state index is -1.54. The summed E-state index contributed by atoms with van der Waals surface area (Å²) >= 11 is 0. The van der Waals surface area contributed by atoms with Gasteiger partial charge in [0.2, 0.25) is 5.43 Å². The predicted octanol–water partition coefficient (Wildman–Crippen LogP) is 0.658. The molecule has 0 aliphatic carbocycles. The van der Waals surface area contributed by atoms with Crippen LogP contribution in [0.4, 0.5) is 0 Å². The normalized spacial score (nSPS) is 13.5. The van der Waals surface area contributed by atoms with Crippen LogP contribution >= 0.6 is 0 Å². The second-order valence-electron chi connectivity index (χ2n) is 5.43. The zero-order chi connectivity index (χ0) is 16.3. The summed E-state index contributed by atoms with van der Waals surface area (Å²) in [7, 11) is 1.62. The van der Waals surface area contributed by atoms with Crippen LogP contribution in [0.1, 0.15) is 11.3 Å². The van der Waals surface area contributed by atoms with E-state index in [2.05, 4.69) is 0 Å². The molecule has 1 aromatic carbocycles. The SMILES string of the molecule is Cn1cc(O)c(=O)cc1CC(N)(Cc1ccccc1)C(=O)O. The maximum atomic E-state index is 11.6. The van der Waals surface area contributed by atoms with Gasteiger partial charge in [-0.2, -0.15) is 0 Å². The summed E-state index contributed by atoms with van der Waals surface area (Å²) in [6.07, 6.45) is 1.37. The molecule has 0 aliphatic heterocycles. The first-order valence-electron chi connectivity index (χ1n) is 6.76. The largest absolute Gasteiger partial charge is 0.503 e. The molecule has 0 saturated heterocycles. The fourth-order valence-electron chi connectivity index (χ4n) is 2.33. The summed E-state index contributed by atoms with van der Waals surface area (Å²) in [6, 6.07) is 10.3. The molecule has 0 radical (unpaired) electrons. The van der Waals surface area contributed by atoms with Gasteiger partial charge < -0.3 is 20.5 Å². The van der Waals surface area contributed by atoms with Crippen molar-refractivity contribution in [2.45, 2.75) is 18.4 Å². The minimum absolute atomic E-state index is 0.0246. The zero-order valence-corrected chi connectivity index (χ0v) is 12.2. The number of carboxylic acid groups (broad SMARTS) is 1. The Bertz CT molecular complexity index is 740. The lowest BCUT2D eigenvalue weighted by molar-refractivity contribution is -0.143. The molecule has 6 nitrogen and oxygen atoms in total. The first kappa shape index (κ1) is 15.8. The van der Waals surface area contributed by atoms with Crippen LogP contribution in [-0.4, -0.2) is 26.3 Å². The van der Waals surface area contributed by atoms with E-state index < -0.39 is 16.9 Å². The Labute approximate surface area is 127 Å². The van der Waals surface area contributed by atoms with Crippen molar-refractivity contribution < 1.29 is 15.0 Å². The number of aromatic nitrogens is 1. The van der Waals surface area contributed by atoms with Crippen molar-refractivity contribution in [3.8, 4) is 5.75 Å². The van der Waals surface area contributed by atoms with Gasteiger partial charge >= 0.3 is 5.97 Å². The number of nitrogens with zero attached hydrogens (tertiary/aromatic N) is 1. The lowest BCUT2D eigenvalue weighted by Gasteiger charge is -2.26. The molecule has 0 bridgehead atoms. The highest BCUT2D eigenvalue weighted by Crippen LogP contribution is 2.18. The van der Waals surface area contributed by atoms with Crippen molar-refractivity contribution in [2.24, 2.45) is 12.8 Å². The Balaban J connectivity index is 2.35. The van der Waals surface area contributed by atoms with E-state index in [4.69, 9.17) is 5.73 Å². The highest BCUT2D eigenvalue weighted by molar-refractivity contribution is 5.79. The number of pyridine rings is 1. The van der Waals surface area contributed by atoms with Gasteiger partial charge in [-0.05, 0) is 5.56 Å². The molecule has 0 aliphatic rings. The lowest BCUT2D eigenvalue weighted by Crippen LogP contribution is -2.52. The average Bonchev–Trinajstić information content (AvgIpc) is 2.45. The van der Waals surface area contributed by atoms with E-state index in [1.54, 1.807) is 19.2 Å². The molecule has 2 rings (SSSR count). The smallest absolute Gasteiger partial charge is 0.324 e. The van der Waals surface area contributed by atoms with Crippen molar-refractivity contribution in [1.82, 2.24) is 4.57 Å². The van der Waals surface area contributed by atoms with E-state index in [0.29, 0.717) is 5.69 Å². The molecular weight excluding hydrogens is 284 g/mol. The van der Waals surface area contributed by atoms with Crippen LogP contribution in [0, 0.1) is 0 Å². The molecule has 0 saturated carbocycles. The van der Waals surface area contributed by atoms with Crippen LogP contribution in [0.2, 0.25) is 0 Å². The predicted molar refractivity (Wildman–Crippen MR) is 81.8 cm³/mol. The van der Waals surface area contributed by atoms with Gasteiger partial charge in [-0.1, -0.05) is 30.3 Å². The Morgan fingerprint density at radius 2 is 1.91 bits per heavy atom. The van der Waals surface area contributed by atoms with Gasteiger partial charge in [0, 0.05) is 37.8 Å². The molecule has 2 aromatic rings. The summed E-state index contributed by atoms with van der Waals surface area (Å²) in [5.41, 5.74) is 5.24. The Morgan fingerprint density at radius 3 is 2.50 bits per heavy atom. The monoisotopic (exact) mass is 302 g/mol. The van der Waals surface area contributed by atoms with Crippen LogP contribution in [0.5, 0.6) is 5.75 Å². The van der Waals surface area contributed by atoms with Gasteiger partial charge in [-0.25, -0.2) is 0 Å². The molecule has 1 atom stereocenters. The van der Waals surface area contributed by atoms with Crippen molar-refractivity contribution >= 4 is 5.97 Å². The van der Waals surface area contributed by atoms with Crippen LogP contribution in [0.25, 0.3) is 0 Å². The molecule has 0 spiro atoms. The second-order valence-corrected chi connectivity index (χ2v) is 5.43. The molecule has 1 aromatic heterocycles. The standard InChI is InChI=1S/C16H18N2O4/c1-18-10-14(20)13(19)7-12(18)9-16(17,15(21)22)8-11-5-3-2-4-6-11/h2-7,10,20H,8-9,17H2,1H3,(H,21,22). The Hall–Kier alpha value is -2.60. The molecule has 1 unspecified atom stereocenters. The third-order valence-corrected chi connectivity index (χ3v) is 3.60. The fourth-order valence-corrected chi connectivity index (χ4v) is 2.33. The fraction of sp³-hybridized carbons (Fsp3) is 0.250. The van der Waals surface area contributed by atoms with Gasteiger partial charge in [0.1, 0.15) is 5.54 Å². The average molecular weight is 302 g/mol. The third kappa shape index (κ3) is 3.35. The van der Waals surface area contributed by atoms with E-state index >= 15 is 0 Å². The number of aryl methyl sites for hydroxylation is 1.